The Morgan fingerprint density at radius 3 is 1.03 bits per heavy atom. The van der Waals surface area contributed by atoms with E-state index in [-0.39, 0.29) is 101 Å². The molecule has 0 aliphatic rings. The number of aromatic nitrogens is 7. The zero-order valence-electron chi connectivity index (χ0n) is 69.7. The topological polar surface area (TPSA) is 90.2 Å². The molecule has 0 saturated heterocycles. The van der Waals surface area contributed by atoms with Gasteiger partial charge in [0, 0.05) is 149 Å². The SMILES string of the molecule is Cc1[c-]c(-c2cc(C)c(-c3ccccc3)cn2)cc(C)c1.Cc1ccc(-c2[c-]ccc(-c3ccccc3)c2)nc1.Cc1cccc(-c2cc[c-]c(-c3ccccn3)c2)c1.Cc1cccnc1-c1[c-]cccc1.[Ir].[Ir].[Ir].[Ir].[Ir].[c-]1cc(-c2ccccc2)ccc1-c1ccccn1.[c-]1ccc(-c2ccccc2)cc1-c1ccccn1.[c-]1ccccc1-c1ccccn1. The van der Waals surface area contributed by atoms with Gasteiger partial charge in [-0.3, -0.25) is 0 Å². The molecule has 7 nitrogen and oxygen atoms in total. The quantitative estimate of drug-likeness (QED) is 0.113. The summed E-state index contributed by atoms with van der Waals surface area (Å²) in [6.45, 7) is 12.5. The molecule has 125 heavy (non-hydrogen) atoms. The first-order valence-corrected chi connectivity index (χ1v) is 39.8. The van der Waals surface area contributed by atoms with E-state index in [0.29, 0.717) is 0 Å². The molecule has 0 aliphatic carbocycles. The standard InChI is InChI=1S/C20H18N.2C18H14N.2C17H12N.C12H10N.C11H8N.5Ir/c1-14-9-15(2)11-18(10-14)20-12-16(3)19(13-21-20)17-7-5-4-6-8-17;1-14-6-4-7-15(12-14)16-8-5-9-17(13-16)18-10-2-3-11-19-18;1-14-10-11-18(19-13-14)17-9-5-8-16(12-17)15-6-3-2-4-7-15;1-2-7-14(8-3-1)15-9-6-10-16(13-15)17-11-4-5-12-18-17;1-2-6-14(7-3-1)15-9-11-16(12-10-15)17-8-4-5-13-18-17;1-10-6-5-9-13-12(10)11-7-3-2-4-8-11;1-2-6-10(7-3-1)11-8-4-5-9-12-11;;;;;/h4-10,12-13H,1-3H3;2*2-8,10-13H,1H3;1-9,11-13H;1-11,13H;2-7,9H,1H3;1-6,8-9H;;;;;/q7*-1;;;;;. The fraction of sp³-hybridized carbons (Fsp3) is 0.0531. The molecule has 0 fully saturated rings. The van der Waals surface area contributed by atoms with Crippen LogP contribution in [0.25, 0.3) is 134 Å². The van der Waals surface area contributed by atoms with E-state index in [0.717, 1.165) is 84.4 Å². The Balaban J connectivity index is 0.000000181. The van der Waals surface area contributed by atoms with Crippen LogP contribution in [0.15, 0.2) is 426 Å². The predicted molar refractivity (Wildman–Crippen MR) is 495 cm³/mol. The molecule has 19 rings (SSSR count). The van der Waals surface area contributed by atoms with Gasteiger partial charge in [-0.15, -0.1) is 243 Å². The Bertz CT molecular complexity index is 6130. The molecule has 0 aliphatic heterocycles. The summed E-state index contributed by atoms with van der Waals surface area (Å²) in [6.07, 6.45) is 12.9. The second-order valence-electron chi connectivity index (χ2n) is 28.2. The molecule has 627 valence electrons. The number of hydrogen-bond donors (Lipinski definition) is 0. The van der Waals surface area contributed by atoms with Crippen molar-refractivity contribution < 1.29 is 101 Å². The van der Waals surface area contributed by atoms with Crippen LogP contribution in [-0.4, -0.2) is 34.9 Å². The van der Waals surface area contributed by atoms with Crippen LogP contribution in [0.1, 0.15) is 33.4 Å². The minimum absolute atomic E-state index is 0. The summed E-state index contributed by atoms with van der Waals surface area (Å²) >= 11 is 0. The van der Waals surface area contributed by atoms with Crippen molar-refractivity contribution in [2.24, 2.45) is 0 Å². The maximum absolute atomic E-state index is 4.64. The van der Waals surface area contributed by atoms with Crippen molar-refractivity contribution in [3.63, 3.8) is 0 Å². The van der Waals surface area contributed by atoms with Crippen LogP contribution < -0.4 is 0 Å². The first-order valence-electron chi connectivity index (χ1n) is 39.8. The molecule has 0 atom stereocenters. The molecular formula is C113H88Ir5N7-7. The van der Waals surface area contributed by atoms with Crippen molar-refractivity contribution in [2.75, 3.05) is 0 Å². The fourth-order valence-corrected chi connectivity index (χ4v) is 13.1. The van der Waals surface area contributed by atoms with Crippen LogP contribution >= 0.6 is 0 Å². The fourth-order valence-electron chi connectivity index (χ4n) is 13.1. The van der Waals surface area contributed by atoms with Crippen LogP contribution in [0, 0.1) is 84.0 Å². The molecule has 0 unspecified atom stereocenters. The van der Waals surface area contributed by atoms with Crippen LogP contribution in [0.4, 0.5) is 0 Å². The Morgan fingerprint density at radius 2 is 0.608 bits per heavy atom. The van der Waals surface area contributed by atoms with Crippen molar-refractivity contribution in [2.45, 2.75) is 41.5 Å². The molecule has 0 N–H and O–H groups in total. The summed E-state index contributed by atoms with van der Waals surface area (Å²) in [5.74, 6) is 0. The van der Waals surface area contributed by atoms with Gasteiger partial charge in [-0.1, -0.05) is 254 Å². The number of hydrogen-bond acceptors (Lipinski definition) is 7. The number of rotatable bonds is 12. The Labute approximate surface area is 805 Å². The minimum Gasteiger partial charge on any atom is -0.305 e. The molecule has 0 saturated carbocycles. The first kappa shape index (κ1) is 98.4. The van der Waals surface area contributed by atoms with Gasteiger partial charge in [-0.25, -0.2) is 0 Å². The minimum atomic E-state index is 0. The van der Waals surface area contributed by atoms with E-state index in [2.05, 4.69) is 288 Å². The van der Waals surface area contributed by atoms with Gasteiger partial charge < -0.3 is 34.9 Å². The van der Waals surface area contributed by atoms with Gasteiger partial charge in [0.25, 0.3) is 0 Å². The van der Waals surface area contributed by atoms with Crippen molar-refractivity contribution in [1.82, 2.24) is 34.9 Å². The Hall–Kier alpha value is -12.1. The molecular weight excluding hydrogens is 2420 g/mol. The molecule has 7 heterocycles. The molecule has 0 bridgehead atoms. The van der Waals surface area contributed by atoms with Gasteiger partial charge in [-0.2, -0.15) is 0 Å². The maximum Gasteiger partial charge on any atom is 0.0242 e. The van der Waals surface area contributed by atoms with Gasteiger partial charge in [-0.05, 0) is 131 Å². The summed E-state index contributed by atoms with van der Waals surface area (Å²) in [4.78, 5) is 30.7. The van der Waals surface area contributed by atoms with E-state index >= 15 is 0 Å². The zero-order chi connectivity index (χ0) is 82.7. The third kappa shape index (κ3) is 30.1. The third-order valence-corrected chi connectivity index (χ3v) is 19.1. The summed E-state index contributed by atoms with van der Waals surface area (Å²) < 4.78 is 0. The Morgan fingerprint density at radius 1 is 0.200 bits per heavy atom. The van der Waals surface area contributed by atoms with E-state index in [4.69, 9.17) is 0 Å². The van der Waals surface area contributed by atoms with Gasteiger partial charge in [0.15, 0.2) is 0 Å². The summed E-state index contributed by atoms with van der Waals surface area (Å²) in [5, 5.41) is 0. The van der Waals surface area contributed by atoms with Crippen molar-refractivity contribution in [3.05, 3.63) is 501 Å². The van der Waals surface area contributed by atoms with E-state index in [1.54, 1.807) is 18.6 Å². The van der Waals surface area contributed by atoms with Crippen LogP contribution in [0.5, 0.6) is 0 Å². The largest absolute Gasteiger partial charge is 0.305 e. The smallest absolute Gasteiger partial charge is 0.0242 e. The number of pyridine rings is 7. The zero-order valence-corrected chi connectivity index (χ0v) is 81.7. The van der Waals surface area contributed by atoms with E-state index in [9.17, 15) is 0 Å². The number of nitrogens with zero attached hydrogens (tertiary/aromatic N) is 7. The molecule has 12 heteroatoms. The summed E-state index contributed by atoms with van der Waals surface area (Å²) in [5.41, 5.74) is 33.3. The van der Waals surface area contributed by atoms with Crippen molar-refractivity contribution >= 4 is 0 Å². The monoisotopic (exact) mass is 2510 g/mol. The van der Waals surface area contributed by atoms with Gasteiger partial charge in [0.05, 0.1) is 0 Å². The third-order valence-electron chi connectivity index (χ3n) is 19.1. The molecule has 7 aromatic heterocycles. The second kappa shape index (κ2) is 52.5. The first-order chi connectivity index (χ1) is 59.0. The van der Waals surface area contributed by atoms with Crippen LogP contribution in [0.2, 0.25) is 0 Å². The number of aryl methyl sites for hydroxylation is 6. The molecule has 19 aromatic rings. The van der Waals surface area contributed by atoms with Gasteiger partial charge >= 0.3 is 0 Å². The van der Waals surface area contributed by atoms with Crippen molar-refractivity contribution in [3.8, 4) is 134 Å². The molecule has 0 amide bonds. The molecule has 5 radical (unpaired) electrons. The van der Waals surface area contributed by atoms with Gasteiger partial charge in [0.1, 0.15) is 0 Å². The van der Waals surface area contributed by atoms with Crippen LogP contribution in [-0.2, 0) is 101 Å². The Kier molecular flexibility index (Phi) is 41.3. The normalized spacial score (nSPS) is 9.84. The van der Waals surface area contributed by atoms with Crippen molar-refractivity contribution in [1.29, 1.82) is 0 Å². The van der Waals surface area contributed by atoms with E-state index in [1.165, 1.54) is 83.5 Å². The molecule has 12 aromatic carbocycles. The van der Waals surface area contributed by atoms with E-state index in [1.807, 2.05) is 238 Å². The van der Waals surface area contributed by atoms with Gasteiger partial charge in [0.2, 0.25) is 0 Å². The maximum atomic E-state index is 4.64. The average molecular weight is 2510 g/mol. The number of benzene rings is 12. The summed E-state index contributed by atoms with van der Waals surface area (Å²) in [7, 11) is 0. The summed E-state index contributed by atoms with van der Waals surface area (Å²) in [6, 6.07) is 151. The van der Waals surface area contributed by atoms with Crippen LogP contribution in [0.3, 0.4) is 0 Å². The second-order valence-corrected chi connectivity index (χ2v) is 28.2. The molecule has 0 spiro atoms. The predicted octanol–water partition coefficient (Wildman–Crippen LogP) is 28.0. The average Bonchev–Trinajstić information content (AvgIpc) is 0.803. The van der Waals surface area contributed by atoms with E-state index < -0.39 is 0 Å².